The van der Waals surface area contributed by atoms with Gasteiger partial charge in [-0.3, -0.25) is 9.98 Å². The van der Waals surface area contributed by atoms with Crippen LogP contribution in [0.15, 0.2) is 52.0 Å². The molecule has 0 unspecified atom stereocenters. The first kappa shape index (κ1) is 16.5. The van der Waals surface area contributed by atoms with E-state index in [0.29, 0.717) is 12.7 Å². The van der Waals surface area contributed by atoms with E-state index >= 15 is 0 Å². The summed E-state index contributed by atoms with van der Waals surface area (Å²) in [6.07, 6.45) is 12.0. The number of nitrogens with zero attached hydrogens (tertiary/aromatic N) is 2. The number of nitrogens with one attached hydrogen (secondary N) is 1. The summed E-state index contributed by atoms with van der Waals surface area (Å²) in [5.74, 6) is 0.976. The van der Waals surface area contributed by atoms with E-state index in [9.17, 15) is 0 Å². The Morgan fingerprint density at radius 3 is 2.68 bits per heavy atom. The summed E-state index contributed by atoms with van der Waals surface area (Å²) < 4.78 is 6.14. The molecule has 2 heterocycles. The standard InChI is InChI=1S/C21H27N3O/c1-3-8-16(9-4-1)20-21(17-10-7-13-22-14-17)24-19(23-20)15-25-18-11-5-2-6-12-18/h1,3-4,8-10,14,18,20-21H,2,5-7,11-13,15H2,(H,23,24)/t20-,21+/m1/s1. The van der Waals surface area contributed by atoms with Gasteiger partial charge in [-0.2, -0.15) is 0 Å². The predicted octanol–water partition coefficient (Wildman–Crippen LogP) is 3.85. The van der Waals surface area contributed by atoms with Gasteiger partial charge in [0, 0.05) is 12.8 Å². The van der Waals surface area contributed by atoms with E-state index in [1.807, 2.05) is 6.21 Å². The first-order valence-corrected chi connectivity index (χ1v) is 9.60. The Hall–Kier alpha value is -1.94. The van der Waals surface area contributed by atoms with Crippen molar-refractivity contribution in [3.05, 3.63) is 47.5 Å². The molecule has 25 heavy (non-hydrogen) atoms. The number of rotatable bonds is 5. The van der Waals surface area contributed by atoms with Gasteiger partial charge in [0.25, 0.3) is 0 Å². The lowest BCUT2D eigenvalue weighted by atomic mass is 9.94. The quantitative estimate of drug-likeness (QED) is 0.887. The lowest BCUT2D eigenvalue weighted by Crippen LogP contribution is -2.37. The van der Waals surface area contributed by atoms with Crippen LogP contribution < -0.4 is 5.32 Å². The van der Waals surface area contributed by atoms with E-state index in [1.54, 1.807) is 0 Å². The van der Waals surface area contributed by atoms with Gasteiger partial charge in [-0.1, -0.05) is 55.7 Å². The maximum absolute atomic E-state index is 6.14. The second-order valence-electron chi connectivity index (χ2n) is 7.15. The SMILES string of the molecule is C1=NCCC=C1[C@@H]1NC(COC2CCCCC2)=N[C@@H]1c1ccccc1. The molecule has 1 fully saturated rings. The minimum absolute atomic E-state index is 0.0990. The van der Waals surface area contributed by atoms with Crippen LogP contribution in [-0.2, 0) is 4.74 Å². The van der Waals surface area contributed by atoms with E-state index in [4.69, 9.17) is 9.73 Å². The zero-order chi connectivity index (χ0) is 16.9. The number of benzene rings is 1. The molecule has 4 nitrogen and oxygen atoms in total. The van der Waals surface area contributed by atoms with Crippen LogP contribution in [0.25, 0.3) is 0 Å². The van der Waals surface area contributed by atoms with Gasteiger partial charge in [0.15, 0.2) is 0 Å². The van der Waals surface area contributed by atoms with Crippen LogP contribution >= 0.6 is 0 Å². The number of aliphatic imine (C=N–C) groups is 2. The third kappa shape index (κ3) is 4.01. The molecule has 2 aliphatic heterocycles. The zero-order valence-electron chi connectivity index (χ0n) is 14.7. The summed E-state index contributed by atoms with van der Waals surface area (Å²) in [6, 6.07) is 10.8. The molecule has 2 atom stereocenters. The molecule has 0 spiro atoms. The van der Waals surface area contributed by atoms with E-state index in [-0.39, 0.29) is 12.1 Å². The van der Waals surface area contributed by atoms with Crippen molar-refractivity contribution < 1.29 is 4.74 Å². The molecule has 1 aromatic carbocycles. The Morgan fingerprint density at radius 1 is 1.08 bits per heavy atom. The fourth-order valence-electron chi connectivity index (χ4n) is 3.96. The van der Waals surface area contributed by atoms with E-state index in [0.717, 1.165) is 18.8 Å². The Kier molecular flexibility index (Phi) is 5.26. The van der Waals surface area contributed by atoms with Crippen LogP contribution in [0.1, 0.15) is 50.1 Å². The molecule has 0 bridgehead atoms. The second kappa shape index (κ2) is 7.96. The van der Waals surface area contributed by atoms with Crippen molar-refractivity contribution in [3.8, 4) is 0 Å². The van der Waals surface area contributed by atoms with Gasteiger partial charge in [-0.05, 0) is 30.4 Å². The summed E-state index contributed by atoms with van der Waals surface area (Å²) in [7, 11) is 0. The molecule has 1 aliphatic carbocycles. The van der Waals surface area contributed by atoms with Gasteiger partial charge >= 0.3 is 0 Å². The maximum Gasteiger partial charge on any atom is 0.124 e. The molecule has 4 rings (SSSR count). The van der Waals surface area contributed by atoms with Crippen LogP contribution in [0.2, 0.25) is 0 Å². The van der Waals surface area contributed by atoms with Gasteiger partial charge in [-0.25, -0.2) is 0 Å². The molecule has 3 aliphatic rings. The number of hydrogen-bond acceptors (Lipinski definition) is 4. The highest BCUT2D eigenvalue weighted by atomic mass is 16.5. The molecule has 1 N–H and O–H groups in total. The summed E-state index contributed by atoms with van der Waals surface area (Å²) in [5.41, 5.74) is 2.49. The molecule has 0 saturated heterocycles. The first-order valence-electron chi connectivity index (χ1n) is 9.60. The molecule has 4 heteroatoms. The van der Waals surface area contributed by atoms with Crippen molar-refractivity contribution in [1.82, 2.24) is 5.32 Å². The summed E-state index contributed by atoms with van der Waals surface area (Å²) in [6.45, 7) is 1.49. The third-order valence-corrected chi connectivity index (χ3v) is 5.32. The molecule has 0 amide bonds. The molecule has 132 valence electrons. The van der Waals surface area contributed by atoms with E-state index in [1.165, 1.54) is 43.2 Å². The summed E-state index contributed by atoms with van der Waals surface area (Å²) in [4.78, 5) is 9.44. The molecule has 1 saturated carbocycles. The second-order valence-corrected chi connectivity index (χ2v) is 7.15. The van der Waals surface area contributed by atoms with Crippen molar-refractivity contribution in [2.24, 2.45) is 9.98 Å². The van der Waals surface area contributed by atoms with Gasteiger partial charge in [0.05, 0.1) is 12.1 Å². The van der Waals surface area contributed by atoms with Crippen LogP contribution in [0.3, 0.4) is 0 Å². The molecular formula is C21H27N3O. The first-order chi connectivity index (χ1) is 12.4. The van der Waals surface area contributed by atoms with Crippen molar-refractivity contribution in [2.75, 3.05) is 13.2 Å². The minimum Gasteiger partial charge on any atom is -0.370 e. The highest BCUT2D eigenvalue weighted by Crippen LogP contribution is 2.30. The van der Waals surface area contributed by atoms with Gasteiger partial charge in [0.2, 0.25) is 0 Å². The van der Waals surface area contributed by atoms with Crippen LogP contribution in [-0.4, -0.2) is 37.3 Å². The fraction of sp³-hybridized carbons (Fsp3) is 0.524. The summed E-state index contributed by atoms with van der Waals surface area (Å²) in [5, 5.41) is 3.61. The van der Waals surface area contributed by atoms with Gasteiger partial charge in [0.1, 0.15) is 18.5 Å². The molecular weight excluding hydrogens is 310 g/mol. The Bertz CT molecular complexity index is 659. The number of ether oxygens (including phenoxy) is 1. The van der Waals surface area contributed by atoms with Crippen LogP contribution in [0, 0.1) is 0 Å². The van der Waals surface area contributed by atoms with Crippen molar-refractivity contribution in [2.45, 2.75) is 56.7 Å². The monoisotopic (exact) mass is 337 g/mol. The normalized spacial score (nSPS) is 26.9. The van der Waals surface area contributed by atoms with E-state index < -0.39 is 0 Å². The fourth-order valence-corrected chi connectivity index (χ4v) is 3.96. The molecule has 0 aromatic heterocycles. The number of amidine groups is 1. The Balaban J connectivity index is 1.48. The van der Waals surface area contributed by atoms with Crippen molar-refractivity contribution in [3.63, 3.8) is 0 Å². The lowest BCUT2D eigenvalue weighted by molar-refractivity contribution is 0.0520. The average molecular weight is 337 g/mol. The van der Waals surface area contributed by atoms with E-state index in [2.05, 4.69) is 46.7 Å². The number of dihydropyridines is 1. The van der Waals surface area contributed by atoms with Crippen molar-refractivity contribution >= 4 is 12.1 Å². The van der Waals surface area contributed by atoms with Gasteiger partial charge < -0.3 is 10.1 Å². The van der Waals surface area contributed by atoms with Crippen molar-refractivity contribution in [1.29, 1.82) is 0 Å². The highest BCUT2D eigenvalue weighted by molar-refractivity contribution is 5.90. The smallest absolute Gasteiger partial charge is 0.124 e. The Morgan fingerprint density at radius 2 is 1.92 bits per heavy atom. The maximum atomic E-state index is 6.14. The summed E-state index contributed by atoms with van der Waals surface area (Å²) >= 11 is 0. The predicted molar refractivity (Wildman–Crippen MR) is 102 cm³/mol. The van der Waals surface area contributed by atoms with Gasteiger partial charge in [-0.15, -0.1) is 0 Å². The highest BCUT2D eigenvalue weighted by Gasteiger charge is 2.32. The minimum atomic E-state index is 0.0990. The molecule has 1 aromatic rings. The van der Waals surface area contributed by atoms with Crippen LogP contribution in [0.5, 0.6) is 0 Å². The lowest BCUT2D eigenvalue weighted by Gasteiger charge is -2.23. The average Bonchev–Trinajstić information content (AvgIpc) is 3.13. The topological polar surface area (TPSA) is 46.0 Å². The zero-order valence-corrected chi connectivity index (χ0v) is 14.7. The Labute approximate surface area is 150 Å². The molecule has 0 radical (unpaired) electrons. The third-order valence-electron chi connectivity index (χ3n) is 5.32. The number of hydrogen-bond donors (Lipinski definition) is 1. The van der Waals surface area contributed by atoms with Crippen LogP contribution in [0.4, 0.5) is 0 Å². The largest absolute Gasteiger partial charge is 0.370 e.